The third-order valence-electron chi connectivity index (χ3n) is 2.26. The first-order valence-corrected chi connectivity index (χ1v) is 5.53. The van der Waals surface area contributed by atoms with E-state index in [9.17, 15) is 4.79 Å². The minimum atomic E-state index is -0.179. The molecule has 0 N–H and O–H groups in total. The van der Waals surface area contributed by atoms with Crippen LogP contribution < -0.4 is 4.74 Å². The van der Waals surface area contributed by atoms with Crippen molar-refractivity contribution in [3.8, 4) is 5.75 Å². The van der Waals surface area contributed by atoms with Gasteiger partial charge >= 0.3 is 0 Å². The van der Waals surface area contributed by atoms with E-state index in [1.165, 1.54) is 0 Å². The molecule has 0 aromatic heterocycles. The Bertz CT molecular complexity index is 336. The summed E-state index contributed by atoms with van der Waals surface area (Å²) in [5.74, 6) is 0.978. The molecular formula is C12H15ClO2. The molecule has 1 unspecified atom stereocenters. The topological polar surface area (TPSA) is 26.3 Å². The Morgan fingerprint density at radius 1 is 1.53 bits per heavy atom. The van der Waals surface area contributed by atoms with Crippen molar-refractivity contribution in [1.82, 2.24) is 0 Å². The first kappa shape index (κ1) is 12.1. The van der Waals surface area contributed by atoms with Crippen molar-refractivity contribution in [1.29, 1.82) is 0 Å². The Balaban J connectivity index is 3.19. The van der Waals surface area contributed by atoms with Gasteiger partial charge in [-0.1, -0.05) is 19.1 Å². The molecular weight excluding hydrogens is 212 g/mol. The highest BCUT2D eigenvalue weighted by molar-refractivity contribution is 6.17. The Morgan fingerprint density at radius 2 is 2.27 bits per heavy atom. The number of hydrogen-bond donors (Lipinski definition) is 0. The maximum absolute atomic E-state index is 10.8. The molecule has 1 aromatic carbocycles. The largest absolute Gasteiger partial charge is 0.494 e. The molecule has 0 aliphatic heterocycles. The Morgan fingerprint density at radius 3 is 2.80 bits per heavy atom. The lowest BCUT2D eigenvalue weighted by atomic mass is 9.96. The number of rotatable bonds is 5. The van der Waals surface area contributed by atoms with Crippen molar-refractivity contribution in [2.24, 2.45) is 0 Å². The maximum atomic E-state index is 10.8. The second-order valence-electron chi connectivity index (χ2n) is 3.32. The summed E-state index contributed by atoms with van der Waals surface area (Å²) >= 11 is 5.83. The molecule has 0 bridgehead atoms. The van der Waals surface area contributed by atoms with Crippen LogP contribution in [-0.2, 0) is 10.7 Å². The molecule has 0 amide bonds. The van der Waals surface area contributed by atoms with E-state index in [-0.39, 0.29) is 5.92 Å². The number of ether oxygens (including phenoxy) is 1. The normalized spacial score (nSPS) is 12.2. The zero-order valence-electron chi connectivity index (χ0n) is 9.00. The minimum Gasteiger partial charge on any atom is -0.494 e. The van der Waals surface area contributed by atoms with Crippen molar-refractivity contribution in [2.45, 2.75) is 25.6 Å². The van der Waals surface area contributed by atoms with Gasteiger partial charge in [0.05, 0.1) is 6.61 Å². The predicted molar refractivity (Wildman–Crippen MR) is 61.6 cm³/mol. The van der Waals surface area contributed by atoms with Crippen molar-refractivity contribution in [3.05, 3.63) is 29.3 Å². The molecule has 3 heteroatoms. The van der Waals surface area contributed by atoms with Gasteiger partial charge in [-0.3, -0.25) is 0 Å². The average Bonchev–Trinajstić information content (AvgIpc) is 2.28. The summed E-state index contributed by atoms with van der Waals surface area (Å²) in [4.78, 5) is 10.8. The number of benzene rings is 1. The number of carbonyl (C=O) groups excluding carboxylic acids is 1. The summed E-state index contributed by atoms with van der Waals surface area (Å²) in [6.07, 6.45) is 0.911. The van der Waals surface area contributed by atoms with Crippen LogP contribution in [0.3, 0.4) is 0 Å². The molecule has 0 saturated carbocycles. The van der Waals surface area contributed by atoms with E-state index in [0.29, 0.717) is 12.5 Å². The van der Waals surface area contributed by atoms with E-state index in [0.717, 1.165) is 23.2 Å². The average molecular weight is 227 g/mol. The van der Waals surface area contributed by atoms with Crippen molar-refractivity contribution >= 4 is 17.9 Å². The second-order valence-corrected chi connectivity index (χ2v) is 3.59. The smallest absolute Gasteiger partial charge is 0.127 e. The highest BCUT2D eigenvalue weighted by Crippen LogP contribution is 2.30. The standard InChI is InChI=1S/C12H15ClO2/c1-3-15-11-6-4-5-10(7-13)12(11)9(2)8-14/h4-6,8-9H,3,7H2,1-2H3. The highest BCUT2D eigenvalue weighted by Gasteiger charge is 2.14. The molecule has 0 spiro atoms. The molecule has 0 saturated heterocycles. The molecule has 1 atom stereocenters. The third kappa shape index (κ3) is 2.72. The van der Waals surface area contributed by atoms with Crippen LogP contribution >= 0.6 is 11.6 Å². The quantitative estimate of drug-likeness (QED) is 0.570. The summed E-state index contributed by atoms with van der Waals surface area (Å²) < 4.78 is 5.48. The fourth-order valence-electron chi connectivity index (χ4n) is 1.57. The first-order valence-electron chi connectivity index (χ1n) is 5.00. The van der Waals surface area contributed by atoms with E-state index >= 15 is 0 Å². The lowest BCUT2D eigenvalue weighted by Gasteiger charge is -2.15. The van der Waals surface area contributed by atoms with E-state index < -0.39 is 0 Å². The van der Waals surface area contributed by atoms with E-state index in [1.54, 1.807) is 0 Å². The SMILES string of the molecule is CCOc1cccc(CCl)c1C(C)C=O. The molecule has 0 aliphatic rings. The fraction of sp³-hybridized carbons (Fsp3) is 0.417. The van der Waals surface area contributed by atoms with Gasteiger partial charge in [-0.25, -0.2) is 0 Å². The number of halogens is 1. The fourth-order valence-corrected chi connectivity index (χ4v) is 1.81. The summed E-state index contributed by atoms with van der Waals surface area (Å²) in [5.41, 5.74) is 1.87. The van der Waals surface area contributed by atoms with Crippen LogP contribution in [0.2, 0.25) is 0 Å². The lowest BCUT2D eigenvalue weighted by molar-refractivity contribution is -0.108. The van der Waals surface area contributed by atoms with Crippen LogP contribution in [0.4, 0.5) is 0 Å². The zero-order valence-corrected chi connectivity index (χ0v) is 9.75. The third-order valence-corrected chi connectivity index (χ3v) is 2.55. The molecule has 0 aliphatic carbocycles. The van der Waals surface area contributed by atoms with Crippen LogP contribution in [0.25, 0.3) is 0 Å². The van der Waals surface area contributed by atoms with Crippen molar-refractivity contribution < 1.29 is 9.53 Å². The van der Waals surface area contributed by atoms with Gasteiger partial charge in [0.15, 0.2) is 0 Å². The molecule has 1 rings (SSSR count). The molecule has 15 heavy (non-hydrogen) atoms. The molecule has 0 radical (unpaired) electrons. The summed E-state index contributed by atoms with van der Waals surface area (Å²) in [6.45, 7) is 4.36. The van der Waals surface area contributed by atoms with Gasteiger partial charge in [-0.15, -0.1) is 11.6 Å². The van der Waals surface area contributed by atoms with Crippen molar-refractivity contribution in [3.63, 3.8) is 0 Å². The molecule has 0 heterocycles. The van der Waals surface area contributed by atoms with Crippen LogP contribution in [-0.4, -0.2) is 12.9 Å². The summed E-state index contributed by atoms with van der Waals surface area (Å²) in [7, 11) is 0. The molecule has 82 valence electrons. The Labute approximate surface area is 95.2 Å². The van der Waals surface area contributed by atoms with Crippen molar-refractivity contribution in [2.75, 3.05) is 6.61 Å². The monoisotopic (exact) mass is 226 g/mol. The van der Waals surface area contributed by atoms with E-state index in [1.807, 2.05) is 32.0 Å². The van der Waals surface area contributed by atoms with Gasteiger partial charge in [0.25, 0.3) is 0 Å². The van der Waals surface area contributed by atoms with Gasteiger partial charge < -0.3 is 9.53 Å². The molecule has 1 aromatic rings. The molecule has 0 fully saturated rings. The Hall–Kier alpha value is -1.02. The highest BCUT2D eigenvalue weighted by atomic mass is 35.5. The summed E-state index contributed by atoms with van der Waals surface area (Å²) in [6, 6.07) is 5.68. The van der Waals surface area contributed by atoms with Gasteiger partial charge in [-0.05, 0) is 18.6 Å². The van der Waals surface area contributed by atoms with Gasteiger partial charge in [0.1, 0.15) is 12.0 Å². The Kier molecular flexibility index (Phi) is 4.63. The first-order chi connectivity index (χ1) is 7.24. The number of alkyl halides is 1. The van der Waals surface area contributed by atoms with Crippen LogP contribution in [0, 0.1) is 0 Å². The maximum Gasteiger partial charge on any atom is 0.127 e. The predicted octanol–water partition coefficient (Wildman–Crippen LogP) is 3.13. The number of hydrogen-bond acceptors (Lipinski definition) is 2. The number of aldehydes is 1. The minimum absolute atomic E-state index is 0.179. The molecule has 2 nitrogen and oxygen atoms in total. The van der Waals surface area contributed by atoms with E-state index in [4.69, 9.17) is 16.3 Å². The second kappa shape index (κ2) is 5.76. The lowest BCUT2D eigenvalue weighted by Crippen LogP contribution is -2.04. The van der Waals surface area contributed by atoms with Crippen LogP contribution in [0.1, 0.15) is 30.9 Å². The summed E-state index contributed by atoms with van der Waals surface area (Å²) in [5, 5.41) is 0. The van der Waals surface area contributed by atoms with Gasteiger partial charge in [-0.2, -0.15) is 0 Å². The van der Waals surface area contributed by atoms with Crippen LogP contribution in [0.15, 0.2) is 18.2 Å². The van der Waals surface area contributed by atoms with Gasteiger partial charge in [0, 0.05) is 17.4 Å². The number of carbonyl (C=O) groups is 1. The van der Waals surface area contributed by atoms with Gasteiger partial charge in [0.2, 0.25) is 0 Å². The van der Waals surface area contributed by atoms with E-state index in [2.05, 4.69) is 0 Å². The zero-order chi connectivity index (χ0) is 11.3. The van der Waals surface area contributed by atoms with Crippen LogP contribution in [0.5, 0.6) is 5.75 Å².